The molecule has 0 atom stereocenters. The molecule has 4 rings (SSSR count). The Balaban J connectivity index is 1.76. The van der Waals surface area contributed by atoms with Gasteiger partial charge in [-0.2, -0.15) is 0 Å². The number of anilines is 1. The van der Waals surface area contributed by atoms with Gasteiger partial charge < -0.3 is 15.6 Å². The van der Waals surface area contributed by atoms with E-state index >= 15 is 0 Å². The minimum atomic E-state index is -0.950. The fourth-order valence-electron chi connectivity index (χ4n) is 3.41. The van der Waals surface area contributed by atoms with Gasteiger partial charge in [-0.05, 0) is 46.5 Å². The van der Waals surface area contributed by atoms with Gasteiger partial charge in [0.05, 0.1) is 5.56 Å². The predicted molar refractivity (Wildman–Crippen MR) is 119 cm³/mol. The van der Waals surface area contributed by atoms with E-state index in [-0.39, 0.29) is 5.56 Å². The lowest BCUT2D eigenvalue weighted by Crippen LogP contribution is -1.99. The van der Waals surface area contributed by atoms with Gasteiger partial charge in [0.15, 0.2) is 0 Å². The highest BCUT2D eigenvalue weighted by molar-refractivity contribution is 5.92. The molecule has 0 unspecified atom stereocenters. The van der Waals surface area contributed by atoms with E-state index in [9.17, 15) is 9.90 Å². The summed E-state index contributed by atoms with van der Waals surface area (Å²) in [5, 5.41) is 9.36. The molecule has 148 valence electrons. The van der Waals surface area contributed by atoms with Gasteiger partial charge in [0, 0.05) is 17.3 Å². The molecule has 0 fully saturated rings. The normalized spacial score (nSPS) is 10.5. The first-order valence-electron chi connectivity index (χ1n) is 9.61. The van der Waals surface area contributed by atoms with Gasteiger partial charge >= 0.3 is 5.97 Å². The lowest BCUT2D eigenvalue weighted by atomic mass is 9.93. The maximum Gasteiger partial charge on any atom is 0.335 e. The van der Waals surface area contributed by atoms with Crippen molar-refractivity contribution in [3.8, 4) is 28.0 Å². The molecule has 4 aromatic carbocycles. The molecule has 0 radical (unpaired) electrons. The second-order valence-corrected chi connectivity index (χ2v) is 6.96. The van der Waals surface area contributed by atoms with Crippen LogP contribution in [0.5, 0.6) is 5.75 Å². The van der Waals surface area contributed by atoms with Gasteiger partial charge in [0.25, 0.3) is 0 Å². The highest BCUT2D eigenvalue weighted by Crippen LogP contribution is 2.38. The molecule has 4 nitrogen and oxygen atoms in total. The highest BCUT2D eigenvalue weighted by Gasteiger charge is 2.14. The molecule has 4 aromatic rings. The van der Waals surface area contributed by atoms with E-state index in [2.05, 4.69) is 0 Å². The minimum Gasteiger partial charge on any atom is -0.488 e. The van der Waals surface area contributed by atoms with Crippen LogP contribution in [0.3, 0.4) is 0 Å². The first kappa shape index (κ1) is 19.3. The number of aromatic carboxylic acids is 1. The standard InChI is InChI=1S/C26H21NO3/c27-21-13-14-24(25(16-21)30-17-18-7-2-1-3-8-18)23-12-5-4-11-22(23)19-9-6-10-20(15-19)26(28)29/h1-16H,17,27H2,(H,28,29). The van der Waals surface area contributed by atoms with E-state index in [0.717, 1.165) is 27.8 Å². The summed E-state index contributed by atoms with van der Waals surface area (Å²) >= 11 is 0. The van der Waals surface area contributed by atoms with Crippen LogP contribution in [0, 0.1) is 0 Å². The van der Waals surface area contributed by atoms with E-state index in [0.29, 0.717) is 18.0 Å². The number of benzene rings is 4. The lowest BCUT2D eigenvalue weighted by Gasteiger charge is -2.16. The number of rotatable bonds is 6. The number of hydrogen-bond acceptors (Lipinski definition) is 3. The van der Waals surface area contributed by atoms with Crippen molar-refractivity contribution in [1.29, 1.82) is 0 Å². The van der Waals surface area contributed by atoms with Crippen molar-refractivity contribution in [3.63, 3.8) is 0 Å². The average Bonchev–Trinajstić information content (AvgIpc) is 2.78. The van der Waals surface area contributed by atoms with E-state index in [4.69, 9.17) is 10.5 Å². The molecule has 30 heavy (non-hydrogen) atoms. The van der Waals surface area contributed by atoms with Crippen molar-refractivity contribution in [1.82, 2.24) is 0 Å². The molecule has 0 aromatic heterocycles. The quantitative estimate of drug-likeness (QED) is 0.400. The molecule has 0 aliphatic carbocycles. The zero-order valence-corrected chi connectivity index (χ0v) is 16.3. The zero-order valence-electron chi connectivity index (χ0n) is 16.3. The molecular formula is C26H21NO3. The summed E-state index contributed by atoms with van der Waals surface area (Å²) in [5.74, 6) is -0.269. The number of carboxylic acids is 1. The number of carboxylic acid groups (broad SMARTS) is 1. The zero-order chi connectivity index (χ0) is 20.9. The number of carbonyl (C=O) groups is 1. The molecule has 0 saturated carbocycles. The van der Waals surface area contributed by atoms with Gasteiger partial charge in [-0.3, -0.25) is 0 Å². The van der Waals surface area contributed by atoms with Crippen molar-refractivity contribution < 1.29 is 14.6 Å². The van der Waals surface area contributed by atoms with Crippen LogP contribution in [0.25, 0.3) is 22.3 Å². The maximum atomic E-state index is 11.4. The molecule has 0 aliphatic rings. The van der Waals surface area contributed by atoms with Gasteiger partial charge in [-0.1, -0.05) is 66.7 Å². The molecule has 0 saturated heterocycles. The van der Waals surface area contributed by atoms with Gasteiger partial charge in [0.1, 0.15) is 12.4 Å². The Kier molecular flexibility index (Phi) is 5.48. The summed E-state index contributed by atoms with van der Waals surface area (Å²) in [6, 6.07) is 30.4. The Morgan fingerprint density at radius 1 is 0.767 bits per heavy atom. The first-order chi connectivity index (χ1) is 14.6. The largest absolute Gasteiger partial charge is 0.488 e. The van der Waals surface area contributed by atoms with Crippen molar-refractivity contribution in [2.75, 3.05) is 5.73 Å². The third-order valence-electron chi connectivity index (χ3n) is 4.88. The molecule has 0 heterocycles. The Bertz CT molecular complexity index is 1190. The van der Waals surface area contributed by atoms with Crippen LogP contribution in [0.4, 0.5) is 5.69 Å². The summed E-state index contributed by atoms with van der Waals surface area (Å²) in [4.78, 5) is 11.4. The third-order valence-corrected chi connectivity index (χ3v) is 4.88. The van der Waals surface area contributed by atoms with Crippen LogP contribution in [0.2, 0.25) is 0 Å². The Labute approximate surface area is 175 Å². The van der Waals surface area contributed by atoms with Crippen LogP contribution in [0.1, 0.15) is 15.9 Å². The smallest absolute Gasteiger partial charge is 0.335 e. The van der Waals surface area contributed by atoms with Gasteiger partial charge in [0.2, 0.25) is 0 Å². The second kappa shape index (κ2) is 8.53. The molecule has 0 spiro atoms. The molecule has 0 bridgehead atoms. The van der Waals surface area contributed by atoms with Crippen LogP contribution >= 0.6 is 0 Å². The van der Waals surface area contributed by atoms with Gasteiger partial charge in [-0.15, -0.1) is 0 Å². The van der Waals surface area contributed by atoms with Gasteiger partial charge in [-0.25, -0.2) is 4.79 Å². The highest BCUT2D eigenvalue weighted by atomic mass is 16.5. The summed E-state index contributed by atoms with van der Waals surface area (Å²) < 4.78 is 6.14. The summed E-state index contributed by atoms with van der Waals surface area (Å²) in [6.45, 7) is 0.425. The van der Waals surface area contributed by atoms with E-state index in [1.807, 2.05) is 78.9 Å². The number of ether oxygens (including phenoxy) is 1. The SMILES string of the molecule is Nc1ccc(-c2ccccc2-c2cccc(C(=O)O)c2)c(OCc2ccccc2)c1. The Morgan fingerprint density at radius 3 is 2.27 bits per heavy atom. The van der Waals surface area contributed by atoms with Crippen LogP contribution in [-0.4, -0.2) is 11.1 Å². The van der Waals surface area contributed by atoms with E-state index in [1.54, 1.807) is 18.2 Å². The Morgan fingerprint density at radius 2 is 1.50 bits per heavy atom. The summed E-state index contributed by atoms with van der Waals surface area (Å²) in [6.07, 6.45) is 0. The lowest BCUT2D eigenvalue weighted by molar-refractivity contribution is 0.0697. The molecule has 3 N–H and O–H groups in total. The van der Waals surface area contributed by atoms with Crippen molar-refractivity contribution in [3.05, 3.63) is 108 Å². The van der Waals surface area contributed by atoms with Crippen molar-refractivity contribution in [2.24, 2.45) is 0 Å². The predicted octanol–water partition coefficient (Wildman–Crippen LogP) is 5.88. The number of nitrogens with two attached hydrogens (primary N) is 1. The molecule has 0 aliphatic heterocycles. The topological polar surface area (TPSA) is 72.6 Å². The second-order valence-electron chi connectivity index (χ2n) is 6.96. The van der Waals surface area contributed by atoms with E-state index < -0.39 is 5.97 Å². The van der Waals surface area contributed by atoms with E-state index in [1.165, 1.54) is 0 Å². The Hall–Kier alpha value is -4.05. The van der Waals surface area contributed by atoms with Crippen molar-refractivity contribution >= 4 is 11.7 Å². The van der Waals surface area contributed by atoms with Crippen molar-refractivity contribution in [2.45, 2.75) is 6.61 Å². The monoisotopic (exact) mass is 395 g/mol. The fraction of sp³-hybridized carbons (Fsp3) is 0.0385. The average molecular weight is 395 g/mol. The number of hydrogen-bond donors (Lipinski definition) is 2. The van der Waals surface area contributed by atoms with Crippen LogP contribution < -0.4 is 10.5 Å². The van der Waals surface area contributed by atoms with Crippen LogP contribution in [0.15, 0.2) is 97.1 Å². The summed E-state index contributed by atoms with van der Waals surface area (Å²) in [5.41, 5.74) is 11.6. The minimum absolute atomic E-state index is 0.250. The fourth-order valence-corrected chi connectivity index (χ4v) is 3.41. The summed E-state index contributed by atoms with van der Waals surface area (Å²) in [7, 11) is 0. The number of nitrogen functional groups attached to an aromatic ring is 1. The van der Waals surface area contributed by atoms with Crippen LogP contribution in [-0.2, 0) is 6.61 Å². The first-order valence-corrected chi connectivity index (χ1v) is 9.61. The molecular weight excluding hydrogens is 374 g/mol. The molecule has 0 amide bonds. The maximum absolute atomic E-state index is 11.4. The third kappa shape index (κ3) is 4.18. The molecule has 4 heteroatoms.